The molecule has 7 N–H and O–H groups in total. The largest absolute Gasteiger partial charge is 0.390 e. The van der Waals surface area contributed by atoms with Crippen LogP contribution in [0.3, 0.4) is 0 Å². The molecule has 1 fully saturated rings. The number of ether oxygens (including phenoxy) is 1. The van der Waals surface area contributed by atoms with Crippen LogP contribution in [-0.4, -0.2) is 74.8 Å². The van der Waals surface area contributed by atoms with Crippen LogP contribution in [0.15, 0.2) is 0 Å². The van der Waals surface area contributed by atoms with Crippen LogP contribution in [0.5, 0.6) is 0 Å². The van der Waals surface area contributed by atoms with Crippen LogP contribution >= 0.6 is 0 Å². The fourth-order valence-electron chi connectivity index (χ4n) is 4.48. The molecule has 1 saturated carbocycles. The smallest absolute Gasteiger partial charge is 0.108 e. The molecule has 0 heterocycles. The molecule has 0 aromatic heterocycles. The van der Waals surface area contributed by atoms with Gasteiger partial charge in [-0.15, -0.1) is 0 Å². The van der Waals surface area contributed by atoms with Gasteiger partial charge in [-0.05, 0) is 25.7 Å². The molecule has 1 rings (SSSR count). The summed E-state index contributed by atoms with van der Waals surface area (Å²) in [5.74, 6) is 0. The van der Waals surface area contributed by atoms with E-state index in [0.29, 0.717) is 25.7 Å². The van der Waals surface area contributed by atoms with E-state index in [9.17, 15) is 25.5 Å². The van der Waals surface area contributed by atoms with Crippen LogP contribution in [0.1, 0.15) is 110 Å². The van der Waals surface area contributed by atoms with Crippen molar-refractivity contribution in [2.24, 2.45) is 5.73 Å². The second-order valence-corrected chi connectivity index (χ2v) is 9.75. The molecule has 1 aliphatic rings. The number of aliphatic hydroxyl groups excluding tert-OH is 5. The third-order valence-electron chi connectivity index (χ3n) is 6.80. The van der Waals surface area contributed by atoms with E-state index in [4.69, 9.17) is 10.5 Å². The molecule has 0 unspecified atom stereocenters. The number of nitrogens with two attached hydrogens (primary N) is 1. The number of hydrogen-bond donors (Lipinski definition) is 6. The van der Waals surface area contributed by atoms with E-state index in [1.165, 1.54) is 57.8 Å². The molecule has 7 heteroatoms. The Bertz CT molecular complexity index is 441. The second kappa shape index (κ2) is 18.1. The molecule has 7 nitrogen and oxygen atoms in total. The SMILES string of the molecule is CCCCCCCCCCCCCC[C@H](O)[C@H](O)[C@H](N)CO[C@H]1CCC[C@H](O)[C@H](O)[C@H]1O. The molecule has 0 aliphatic heterocycles. The first-order valence-corrected chi connectivity index (χ1v) is 13.2. The number of rotatable bonds is 18. The molecule has 0 amide bonds. The van der Waals surface area contributed by atoms with Gasteiger partial charge in [0.25, 0.3) is 0 Å². The van der Waals surface area contributed by atoms with Gasteiger partial charge in [-0.25, -0.2) is 0 Å². The monoisotopic (exact) mass is 461 g/mol. The van der Waals surface area contributed by atoms with E-state index in [0.717, 1.165) is 19.3 Å². The molecule has 32 heavy (non-hydrogen) atoms. The number of aliphatic hydroxyl groups is 5. The summed E-state index contributed by atoms with van der Waals surface area (Å²) in [6.07, 6.45) is 11.0. The summed E-state index contributed by atoms with van der Waals surface area (Å²) in [5.41, 5.74) is 5.99. The minimum atomic E-state index is -1.25. The Morgan fingerprint density at radius 2 is 1.31 bits per heavy atom. The Kier molecular flexibility index (Phi) is 16.8. The molecular weight excluding hydrogens is 410 g/mol. The summed E-state index contributed by atoms with van der Waals surface area (Å²) in [7, 11) is 0. The molecule has 0 saturated heterocycles. The first-order chi connectivity index (χ1) is 15.4. The highest BCUT2D eigenvalue weighted by atomic mass is 16.5. The standard InChI is InChI=1S/C25H51NO6/c1-2-3-4-5-6-7-8-9-10-11-12-13-15-20(27)23(29)19(26)18-32-22-17-14-16-21(28)24(30)25(22)31/h19-25,27-31H,2-18,26H2,1H3/t19-,20+,21+,22+,23-,24+,25+/m1/s1. The summed E-state index contributed by atoms with van der Waals surface area (Å²) in [6, 6.07) is -0.778. The average Bonchev–Trinajstić information content (AvgIpc) is 2.90. The van der Waals surface area contributed by atoms with Crippen LogP contribution in [0.2, 0.25) is 0 Å². The van der Waals surface area contributed by atoms with Gasteiger partial charge in [-0.2, -0.15) is 0 Å². The van der Waals surface area contributed by atoms with Gasteiger partial charge >= 0.3 is 0 Å². The van der Waals surface area contributed by atoms with Crippen LogP contribution in [0.25, 0.3) is 0 Å². The van der Waals surface area contributed by atoms with Crippen LogP contribution < -0.4 is 5.73 Å². The van der Waals surface area contributed by atoms with Crippen molar-refractivity contribution in [1.82, 2.24) is 0 Å². The summed E-state index contributed by atoms with van der Waals surface area (Å²) < 4.78 is 5.63. The Labute approximate surface area is 195 Å². The molecular formula is C25H51NO6. The first kappa shape index (κ1) is 29.8. The molecule has 0 aromatic carbocycles. The lowest BCUT2D eigenvalue weighted by Crippen LogP contribution is -2.49. The Hall–Kier alpha value is -0.280. The van der Waals surface area contributed by atoms with Gasteiger partial charge in [0.05, 0.1) is 37.1 Å². The van der Waals surface area contributed by atoms with E-state index in [1.54, 1.807) is 0 Å². The lowest BCUT2D eigenvalue weighted by atomic mass is 9.99. The molecule has 0 aromatic rings. The van der Waals surface area contributed by atoms with Crippen LogP contribution in [0.4, 0.5) is 0 Å². The van der Waals surface area contributed by atoms with Crippen molar-refractivity contribution in [1.29, 1.82) is 0 Å². The van der Waals surface area contributed by atoms with Crippen LogP contribution in [-0.2, 0) is 4.74 Å². The third kappa shape index (κ3) is 12.3. The predicted molar refractivity (Wildman–Crippen MR) is 127 cm³/mol. The van der Waals surface area contributed by atoms with E-state index >= 15 is 0 Å². The lowest BCUT2D eigenvalue weighted by molar-refractivity contribution is -0.121. The van der Waals surface area contributed by atoms with Crippen molar-refractivity contribution in [2.45, 2.75) is 152 Å². The summed E-state index contributed by atoms with van der Waals surface area (Å²) in [4.78, 5) is 0. The fraction of sp³-hybridized carbons (Fsp3) is 1.00. The lowest BCUT2D eigenvalue weighted by Gasteiger charge is -2.29. The van der Waals surface area contributed by atoms with Gasteiger partial charge in [-0.1, -0.05) is 84.0 Å². The molecule has 0 bridgehead atoms. The number of unbranched alkanes of at least 4 members (excludes halogenated alkanes) is 11. The van der Waals surface area contributed by atoms with Gasteiger partial charge in [0.2, 0.25) is 0 Å². The summed E-state index contributed by atoms with van der Waals surface area (Å²) >= 11 is 0. The van der Waals surface area contributed by atoms with E-state index in [1.807, 2.05) is 0 Å². The molecule has 0 spiro atoms. The fourth-order valence-corrected chi connectivity index (χ4v) is 4.48. The van der Waals surface area contributed by atoms with Gasteiger partial charge in [0.15, 0.2) is 0 Å². The molecule has 7 atom stereocenters. The zero-order valence-electron chi connectivity index (χ0n) is 20.3. The highest BCUT2D eigenvalue weighted by molar-refractivity contribution is 4.87. The Morgan fingerprint density at radius 3 is 1.88 bits per heavy atom. The number of hydrogen-bond acceptors (Lipinski definition) is 7. The molecule has 0 radical (unpaired) electrons. The first-order valence-electron chi connectivity index (χ1n) is 13.2. The van der Waals surface area contributed by atoms with Crippen molar-refractivity contribution < 1.29 is 30.3 Å². The van der Waals surface area contributed by atoms with Gasteiger partial charge in [-0.3, -0.25) is 0 Å². The maximum Gasteiger partial charge on any atom is 0.108 e. The highest BCUT2D eigenvalue weighted by Crippen LogP contribution is 2.22. The van der Waals surface area contributed by atoms with E-state index in [2.05, 4.69) is 6.92 Å². The predicted octanol–water partition coefficient (Wildman–Crippen LogP) is 2.78. The zero-order chi connectivity index (χ0) is 23.8. The minimum Gasteiger partial charge on any atom is -0.390 e. The average molecular weight is 462 g/mol. The van der Waals surface area contributed by atoms with Crippen molar-refractivity contribution in [2.75, 3.05) is 6.61 Å². The zero-order valence-corrected chi connectivity index (χ0v) is 20.3. The normalized spacial score (nSPS) is 27.1. The summed E-state index contributed by atoms with van der Waals surface area (Å²) in [6.45, 7) is 2.22. The maximum atomic E-state index is 10.3. The van der Waals surface area contributed by atoms with Gasteiger partial charge < -0.3 is 36.0 Å². The molecule has 1 aliphatic carbocycles. The highest BCUT2D eigenvalue weighted by Gasteiger charge is 2.35. The Morgan fingerprint density at radius 1 is 0.781 bits per heavy atom. The topological polar surface area (TPSA) is 136 Å². The van der Waals surface area contributed by atoms with E-state index in [-0.39, 0.29) is 6.61 Å². The van der Waals surface area contributed by atoms with Crippen molar-refractivity contribution in [3.63, 3.8) is 0 Å². The van der Waals surface area contributed by atoms with Crippen molar-refractivity contribution in [3.05, 3.63) is 0 Å². The quantitative estimate of drug-likeness (QED) is 0.136. The summed E-state index contributed by atoms with van der Waals surface area (Å²) in [5, 5.41) is 50.3. The van der Waals surface area contributed by atoms with Gasteiger partial charge in [0.1, 0.15) is 12.2 Å². The van der Waals surface area contributed by atoms with Crippen LogP contribution in [0, 0.1) is 0 Å². The maximum absolute atomic E-state index is 10.3. The second-order valence-electron chi connectivity index (χ2n) is 9.75. The molecule has 192 valence electrons. The van der Waals surface area contributed by atoms with Gasteiger partial charge in [0, 0.05) is 0 Å². The third-order valence-corrected chi connectivity index (χ3v) is 6.80. The van der Waals surface area contributed by atoms with Crippen molar-refractivity contribution in [3.8, 4) is 0 Å². The van der Waals surface area contributed by atoms with Crippen molar-refractivity contribution >= 4 is 0 Å². The minimum absolute atomic E-state index is 0.0266. The van der Waals surface area contributed by atoms with E-state index < -0.39 is 42.7 Å². The Balaban J connectivity index is 2.08.